The van der Waals surface area contributed by atoms with E-state index in [1.54, 1.807) is 0 Å². The molecule has 1 aliphatic rings. The summed E-state index contributed by atoms with van der Waals surface area (Å²) in [6.45, 7) is 3.73. The highest BCUT2D eigenvalue weighted by molar-refractivity contribution is 5.80. The summed E-state index contributed by atoms with van der Waals surface area (Å²) in [4.78, 5) is 19.1. The number of esters is 1. The summed E-state index contributed by atoms with van der Waals surface area (Å²) in [5, 5.41) is 0. The Hall–Kier alpha value is -3.44. The number of nitrogens with zero attached hydrogens (tertiary/aromatic N) is 3. The summed E-state index contributed by atoms with van der Waals surface area (Å²) in [5.74, 6) is -0.144. The minimum absolute atomic E-state index is 0.144. The predicted octanol–water partition coefficient (Wildman–Crippen LogP) is 5.50. The van der Waals surface area contributed by atoms with Gasteiger partial charge >= 0.3 is 5.97 Å². The molecule has 5 rings (SSSR count). The number of carbonyl (C=O) groups is 1. The summed E-state index contributed by atoms with van der Waals surface area (Å²) >= 11 is 0. The lowest BCUT2D eigenvalue weighted by molar-refractivity contribution is -0.148. The van der Waals surface area contributed by atoms with Crippen LogP contribution in [0.4, 0.5) is 0 Å². The molecule has 0 saturated carbocycles. The second-order valence-electron chi connectivity index (χ2n) is 8.79. The number of aromatic nitrogens is 2. The third kappa shape index (κ3) is 4.29. The Balaban J connectivity index is 1.44. The fraction of sp³-hybridized carbons (Fsp3) is 0.286. The summed E-state index contributed by atoms with van der Waals surface area (Å²) in [7, 11) is 1.47. The monoisotopic (exact) mass is 439 g/mol. The van der Waals surface area contributed by atoms with Crippen molar-refractivity contribution in [3.05, 3.63) is 84.4 Å². The van der Waals surface area contributed by atoms with Crippen LogP contribution in [0.15, 0.2) is 73.2 Å². The average molecular weight is 440 g/mol. The Morgan fingerprint density at radius 2 is 1.82 bits per heavy atom. The van der Waals surface area contributed by atoms with Gasteiger partial charge in [0.1, 0.15) is 6.04 Å². The smallest absolute Gasteiger partial charge is 0.323 e. The van der Waals surface area contributed by atoms with E-state index in [0.717, 1.165) is 37.0 Å². The van der Waals surface area contributed by atoms with E-state index < -0.39 is 0 Å². The fourth-order valence-corrected chi connectivity index (χ4v) is 4.96. The zero-order valence-corrected chi connectivity index (χ0v) is 19.2. The first-order valence-corrected chi connectivity index (χ1v) is 11.6. The van der Waals surface area contributed by atoms with Crippen LogP contribution < -0.4 is 0 Å². The van der Waals surface area contributed by atoms with Crippen molar-refractivity contribution in [1.29, 1.82) is 0 Å². The summed E-state index contributed by atoms with van der Waals surface area (Å²) in [5.41, 5.74) is 8.22. The number of hydrogen-bond donors (Lipinski definition) is 0. The van der Waals surface area contributed by atoms with Crippen LogP contribution in [0.3, 0.4) is 0 Å². The number of carbonyl (C=O) groups excluding carboxylic acids is 1. The molecular formula is C28H29N3O2. The third-order valence-electron chi connectivity index (χ3n) is 6.72. The molecule has 168 valence electrons. The Morgan fingerprint density at radius 1 is 1.03 bits per heavy atom. The molecular weight excluding hydrogens is 410 g/mol. The molecule has 0 unspecified atom stereocenters. The molecule has 1 fully saturated rings. The molecule has 33 heavy (non-hydrogen) atoms. The van der Waals surface area contributed by atoms with E-state index in [4.69, 9.17) is 4.74 Å². The number of hydrogen-bond acceptors (Lipinski definition) is 4. The number of ether oxygens (including phenoxy) is 1. The van der Waals surface area contributed by atoms with Crippen molar-refractivity contribution in [2.75, 3.05) is 13.7 Å². The largest absolute Gasteiger partial charge is 0.468 e. The zero-order chi connectivity index (χ0) is 22.8. The van der Waals surface area contributed by atoms with E-state index in [-0.39, 0.29) is 12.0 Å². The first kappa shape index (κ1) is 21.4. The number of benzene rings is 2. The van der Waals surface area contributed by atoms with Crippen LogP contribution in [0.5, 0.6) is 0 Å². The van der Waals surface area contributed by atoms with Crippen LogP contribution in [0.25, 0.3) is 27.8 Å². The number of likely N-dealkylation sites (tertiary alicyclic amines) is 1. The van der Waals surface area contributed by atoms with E-state index in [9.17, 15) is 4.79 Å². The molecule has 0 spiro atoms. The van der Waals surface area contributed by atoms with Gasteiger partial charge < -0.3 is 9.14 Å². The van der Waals surface area contributed by atoms with Crippen LogP contribution in [-0.4, -0.2) is 40.0 Å². The molecule has 0 amide bonds. The summed E-state index contributed by atoms with van der Waals surface area (Å²) in [6.07, 6.45) is 7.03. The maximum Gasteiger partial charge on any atom is 0.323 e. The lowest BCUT2D eigenvalue weighted by Gasteiger charge is -2.33. The first-order chi connectivity index (χ1) is 16.1. The molecule has 5 heteroatoms. The lowest BCUT2D eigenvalue weighted by Crippen LogP contribution is -2.44. The number of methoxy groups -OCH3 is 1. The maximum absolute atomic E-state index is 12.2. The maximum atomic E-state index is 12.2. The second kappa shape index (κ2) is 9.20. The molecule has 1 saturated heterocycles. The molecule has 2 aromatic heterocycles. The molecule has 0 radical (unpaired) electrons. The standard InChI is InChI=1S/C28H29N3O2/c1-20-25(21-9-4-3-5-10-21)11-8-12-26(20)22-15-24-16-23(29-19-31(24)17-22)18-30-14-7-6-13-27(30)28(32)33-2/h3-5,8-12,15-17,19,27H,6-7,13-14,18H2,1-2H3/t27-/m0/s1. The van der Waals surface area contributed by atoms with Gasteiger partial charge in [-0.2, -0.15) is 0 Å². The highest BCUT2D eigenvalue weighted by Crippen LogP contribution is 2.33. The van der Waals surface area contributed by atoms with E-state index in [0.29, 0.717) is 6.54 Å². The van der Waals surface area contributed by atoms with Crippen molar-refractivity contribution in [2.24, 2.45) is 0 Å². The van der Waals surface area contributed by atoms with Crippen molar-refractivity contribution in [3.63, 3.8) is 0 Å². The van der Waals surface area contributed by atoms with E-state index in [1.807, 2.05) is 12.4 Å². The molecule has 1 atom stereocenters. The van der Waals surface area contributed by atoms with Gasteiger partial charge in [-0.25, -0.2) is 4.98 Å². The van der Waals surface area contributed by atoms with E-state index in [2.05, 4.69) is 82.0 Å². The lowest BCUT2D eigenvalue weighted by atomic mass is 9.94. The van der Waals surface area contributed by atoms with Crippen molar-refractivity contribution in [3.8, 4) is 22.3 Å². The van der Waals surface area contributed by atoms with Crippen LogP contribution in [0.2, 0.25) is 0 Å². The van der Waals surface area contributed by atoms with Gasteiger partial charge in [0.15, 0.2) is 0 Å². The quantitative estimate of drug-likeness (QED) is 0.385. The summed E-state index contributed by atoms with van der Waals surface area (Å²) < 4.78 is 7.10. The van der Waals surface area contributed by atoms with Gasteiger partial charge in [0, 0.05) is 23.8 Å². The number of fused-ring (bicyclic) bond motifs is 1. The Morgan fingerprint density at radius 3 is 2.61 bits per heavy atom. The van der Waals surface area contributed by atoms with Gasteiger partial charge in [0.2, 0.25) is 0 Å². The van der Waals surface area contributed by atoms with Gasteiger partial charge in [-0.3, -0.25) is 9.69 Å². The molecule has 0 bridgehead atoms. The van der Waals surface area contributed by atoms with Gasteiger partial charge in [-0.05, 0) is 60.7 Å². The van der Waals surface area contributed by atoms with Crippen molar-refractivity contribution >= 4 is 11.5 Å². The minimum Gasteiger partial charge on any atom is -0.468 e. The molecule has 0 N–H and O–H groups in total. The normalized spacial score (nSPS) is 16.7. The fourth-order valence-electron chi connectivity index (χ4n) is 4.96. The second-order valence-corrected chi connectivity index (χ2v) is 8.79. The van der Waals surface area contributed by atoms with Gasteiger partial charge in [0.05, 0.1) is 19.1 Å². The first-order valence-electron chi connectivity index (χ1n) is 11.6. The third-order valence-corrected chi connectivity index (χ3v) is 6.72. The van der Waals surface area contributed by atoms with E-state index >= 15 is 0 Å². The minimum atomic E-state index is -0.174. The molecule has 3 heterocycles. The predicted molar refractivity (Wildman–Crippen MR) is 131 cm³/mol. The van der Waals surface area contributed by atoms with E-state index in [1.165, 1.54) is 34.9 Å². The Bertz CT molecular complexity index is 1280. The Labute approximate surface area is 194 Å². The SMILES string of the molecule is COC(=O)[C@@H]1CCCCN1Cc1cc2cc(-c3cccc(-c4ccccc4)c3C)cn2cn1. The van der Waals surface area contributed by atoms with Crippen molar-refractivity contribution in [2.45, 2.75) is 38.8 Å². The number of piperidine rings is 1. The van der Waals surface area contributed by atoms with Crippen molar-refractivity contribution in [1.82, 2.24) is 14.3 Å². The van der Waals surface area contributed by atoms with Crippen molar-refractivity contribution < 1.29 is 9.53 Å². The van der Waals surface area contributed by atoms with Crippen LogP contribution in [0, 0.1) is 6.92 Å². The van der Waals surface area contributed by atoms with Crippen LogP contribution in [-0.2, 0) is 16.1 Å². The zero-order valence-electron chi connectivity index (χ0n) is 19.2. The highest BCUT2D eigenvalue weighted by atomic mass is 16.5. The molecule has 5 nitrogen and oxygen atoms in total. The highest BCUT2D eigenvalue weighted by Gasteiger charge is 2.29. The van der Waals surface area contributed by atoms with Gasteiger partial charge in [-0.15, -0.1) is 0 Å². The number of rotatable bonds is 5. The Kier molecular flexibility index (Phi) is 5.97. The van der Waals surface area contributed by atoms with Gasteiger partial charge in [0.25, 0.3) is 0 Å². The molecule has 1 aliphatic heterocycles. The van der Waals surface area contributed by atoms with Crippen LogP contribution in [0.1, 0.15) is 30.5 Å². The molecule has 0 aliphatic carbocycles. The summed E-state index contributed by atoms with van der Waals surface area (Å²) in [6, 6.07) is 21.2. The van der Waals surface area contributed by atoms with Gasteiger partial charge in [-0.1, -0.05) is 55.0 Å². The molecule has 2 aromatic carbocycles. The van der Waals surface area contributed by atoms with Crippen LogP contribution >= 0.6 is 0 Å². The average Bonchev–Trinajstić information content (AvgIpc) is 3.28. The molecule has 4 aromatic rings. The topological polar surface area (TPSA) is 46.8 Å².